The maximum atomic E-state index is 13.9. The summed E-state index contributed by atoms with van der Waals surface area (Å²) in [5.74, 6) is -0.265. The molecule has 6 heteroatoms. The van der Waals surface area contributed by atoms with E-state index in [0.29, 0.717) is 24.4 Å². The predicted octanol–water partition coefficient (Wildman–Crippen LogP) is 2.09. The fourth-order valence-corrected chi connectivity index (χ4v) is 3.12. The third kappa shape index (κ3) is 3.60. The zero-order valence-corrected chi connectivity index (χ0v) is 13.0. The maximum absolute atomic E-state index is 13.9. The second kappa shape index (κ2) is 7.21. The second-order valence-corrected chi connectivity index (χ2v) is 6.13. The van der Waals surface area contributed by atoms with Crippen LogP contribution in [0.15, 0.2) is 30.5 Å². The van der Waals surface area contributed by atoms with Gasteiger partial charge in [0.1, 0.15) is 5.82 Å². The Kier molecular flexibility index (Phi) is 5.05. The molecule has 0 spiro atoms. The SMILES string of the molecule is OCCC1(CNCc2cn[nH]c2-c2ccccc2F)CCOC1. The zero-order valence-electron chi connectivity index (χ0n) is 13.0. The third-order valence-corrected chi connectivity index (χ3v) is 4.50. The summed E-state index contributed by atoms with van der Waals surface area (Å²) in [6.45, 7) is 2.93. The molecule has 124 valence electrons. The van der Waals surface area contributed by atoms with Gasteiger partial charge in [0.2, 0.25) is 0 Å². The summed E-state index contributed by atoms with van der Waals surface area (Å²) in [5.41, 5.74) is 2.15. The number of hydrogen-bond donors (Lipinski definition) is 3. The minimum Gasteiger partial charge on any atom is -0.396 e. The number of nitrogens with zero attached hydrogens (tertiary/aromatic N) is 1. The van der Waals surface area contributed by atoms with Gasteiger partial charge in [-0.2, -0.15) is 5.10 Å². The normalized spacial score (nSPS) is 21.0. The van der Waals surface area contributed by atoms with Crippen LogP contribution in [-0.4, -0.2) is 41.7 Å². The number of aliphatic hydroxyl groups excluding tert-OH is 1. The monoisotopic (exact) mass is 319 g/mol. The van der Waals surface area contributed by atoms with Gasteiger partial charge in [0.15, 0.2) is 0 Å². The summed E-state index contributed by atoms with van der Waals surface area (Å²) in [6.07, 6.45) is 3.40. The summed E-state index contributed by atoms with van der Waals surface area (Å²) in [6, 6.07) is 6.67. The van der Waals surface area contributed by atoms with E-state index in [1.165, 1.54) is 6.07 Å². The largest absolute Gasteiger partial charge is 0.396 e. The molecule has 3 N–H and O–H groups in total. The first-order chi connectivity index (χ1) is 11.2. The number of aliphatic hydroxyl groups is 1. The van der Waals surface area contributed by atoms with Crippen molar-refractivity contribution >= 4 is 0 Å². The molecule has 1 saturated heterocycles. The molecule has 2 heterocycles. The van der Waals surface area contributed by atoms with E-state index in [-0.39, 0.29) is 17.8 Å². The summed E-state index contributed by atoms with van der Waals surface area (Å²) in [7, 11) is 0. The first kappa shape index (κ1) is 16.1. The Bertz CT molecular complexity index is 638. The van der Waals surface area contributed by atoms with Gasteiger partial charge in [-0.25, -0.2) is 4.39 Å². The van der Waals surface area contributed by atoms with Gasteiger partial charge < -0.3 is 15.2 Å². The topological polar surface area (TPSA) is 70.2 Å². The van der Waals surface area contributed by atoms with E-state index in [0.717, 1.165) is 31.6 Å². The Morgan fingerprint density at radius 3 is 3.00 bits per heavy atom. The number of hydrogen-bond acceptors (Lipinski definition) is 4. The number of H-pyrrole nitrogens is 1. The van der Waals surface area contributed by atoms with Crippen LogP contribution in [0.25, 0.3) is 11.3 Å². The molecule has 0 bridgehead atoms. The highest BCUT2D eigenvalue weighted by Gasteiger charge is 2.33. The van der Waals surface area contributed by atoms with Crippen molar-refractivity contribution in [2.24, 2.45) is 5.41 Å². The van der Waals surface area contributed by atoms with E-state index < -0.39 is 0 Å². The second-order valence-electron chi connectivity index (χ2n) is 6.13. The minimum absolute atomic E-state index is 0.00333. The zero-order chi connectivity index (χ0) is 16.1. The van der Waals surface area contributed by atoms with Gasteiger partial charge in [-0.05, 0) is 25.0 Å². The Hall–Kier alpha value is -1.76. The number of rotatable bonds is 7. The molecule has 1 fully saturated rings. The summed E-state index contributed by atoms with van der Waals surface area (Å²) in [4.78, 5) is 0. The molecule has 5 nitrogen and oxygen atoms in total. The smallest absolute Gasteiger partial charge is 0.132 e. The average Bonchev–Trinajstić information content (AvgIpc) is 3.18. The van der Waals surface area contributed by atoms with Crippen LogP contribution in [0.1, 0.15) is 18.4 Å². The lowest BCUT2D eigenvalue weighted by atomic mass is 9.84. The van der Waals surface area contributed by atoms with Crippen LogP contribution in [0, 0.1) is 11.2 Å². The fraction of sp³-hybridized carbons (Fsp3) is 0.471. The van der Waals surface area contributed by atoms with Crippen molar-refractivity contribution in [3.8, 4) is 11.3 Å². The van der Waals surface area contributed by atoms with Crippen LogP contribution in [0.4, 0.5) is 4.39 Å². The molecule has 1 atom stereocenters. The summed E-state index contributed by atoms with van der Waals surface area (Å²) < 4.78 is 19.4. The molecule has 0 amide bonds. The van der Waals surface area contributed by atoms with E-state index in [9.17, 15) is 9.50 Å². The molecule has 1 aliphatic heterocycles. The number of nitrogens with one attached hydrogen (secondary N) is 2. The van der Waals surface area contributed by atoms with Crippen LogP contribution in [0.2, 0.25) is 0 Å². The van der Waals surface area contributed by atoms with E-state index in [1.54, 1.807) is 18.3 Å². The summed E-state index contributed by atoms with van der Waals surface area (Å²) in [5, 5.41) is 19.6. The van der Waals surface area contributed by atoms with Crippen LogP contribution >= 0.6 is 0 Å². The van der Waals surface area contributed by atoms with E-state index in [2.05, 4.69) is 15.5 Å². The average molecular weight is 319 g/mol. The van der Waals surface area contributed by atoms with Crippen LogP contribution < -0.4 is 5.32 Å². The highest BCUT2D eigenvalue weighted by molar-refractivity contribution is 5.63. The molecule has 23 heavy (non-hydrogen) atoms. The Morgan fingerprint density at radius 1 is 1.39 bits per heavy atom. The highest BCUT2D eigenvalue weighted by Crippen LogP contribution is 2.31. The third-order valence-electron chi connectivity index (χ3n) is 4.50. The van der Waals surface area contributed by atoms with Crippen molar-refractivity contribution in [3.05, 3.63) is 41.8 Å². The number of aromatic nitrogens is 2. The maximum Gasteiger partial charge on any atom is 0.132 e. The molecule has 1 aliphatic rings. The summed E-state index contributed by atoms with van der Waals surface area (Å²) >= 11 is 0. The van der Waals surface area contributed by atoms with E-state index in [1.807, 2.05) is 6.07 Å². The lowest BCUT2D eigenvalue weighted by Gasteiger charge is -2.26. The Morgan fingerprint density at radius 2 is 2.26 bits per heavy atom. The lowest BCUT2D eigenvalue weighted by molar-refractivity contribution is 0.124. The van der Waals surface area contributed by atoms with Crippen LogP contribution in [0.5, 0.6) is 0 Å². The number of benzene rings is 1. The molecular weight excluding hydrogens is 297 g/mol. The number of aromatic amines is 1. The molecule has 3 rings (SSSR count). The molecule has 1 aromatic heterocycles. The molecule has 1 unspecified atom stereocenters. The van der Waals surface area contributed by atoms with E-state index >= 15 is 0 Å². The lowest BCUT2D eigenvalue weighted by Crippen LogP contribution is -2.35. The standard InChI is InChI=1S/C17H22FN3O2/c18-15-4-2-1-3-14(15)16-13(10-20-21-16)9-19-11-17(5-7-22)6-8-23-12-17/h1-4,10,19,22H,5-9,11-12H2,(H,20,21). The first-order valence-corrected chi connectivity index (χ1v) is 7.91. The van der Waals surface area contributed by atoms with Gasteiger partial charge in [0.05, 0.1) is 18.5 Å². The van der Waals surface area contributed by atoms with Crippen molar-refractivity contribution in [1.82, 2.24) is 15.5 Å². The van der Waals surface area contributed by atoms with Gasteiger partial charge in [-0.3, -0.25) is 5.10 Å². The van der Waals surface area contributed by atoms with Crippen LogP contribution in [-0.2, 0) is 11.3 Å². The van der Waals surface area contributed by atoms with Crippen LogP contribution in [0.3, 0.4) is 0 Å². The van der Waals surface area contributed by atoms with Crippen molar-refractivity contribution in [2.75, 3.05) is 26.4 Å². The van der Waals surface area contributed by atoms with Gasteiger partial charge in [0.25, 0.3) is 0 Å². The van der Waals surface area contributed by atoms with Gasteiger partial charge in [-0.1, -0.05) is 12.1 Å². The molecule has 0 radical (unpaired) electrons. The molecular formula is C17H22FN3O2. The Labute approximate surface area is 134 Å². The predicted molar refractivity (Wildman–Crippen MR) is 85.3 cm³/mol. The Balaban J connectivity index is 1.66. The van der Waals surface area contributed by atoms with Gasteiger partial charge >= 0.3 is 0 Å². The fourth-order valence-electron chi connectivity index (χ4n) is 3.12. The number of ether oxygens (including phenoxy) is 1. The minimum atomic E-state index is -0.265. The number of halogens is 1. The van der Waals surface area contributed by atoms with Gasteiger partial charge in [0, 0.05) is 42.8 Å². The molecule has 1 aromatic carbocycles. The first-order valence-electron chi connectivity index (χ1n) is 7.91. The van der Waals surface area contributed by atoms with E-state index in [4.69, 9.17) is 4.74 Å². The quantitative estimate of drug-likeness (QED) is 0.731. The van der Waals surface area contributed by atoms with Gasteiger partial charge in [-0.15, -0.1) is 0 Å². The highest BCUT2D eigenvalue weighted by atomic mass is 19.1. The molecule has 0 aliphatic carbocycles. The van der Waals surface area contributed by atoms with Crippen molar-refractivity contribution in [3.63, 3.8) is 0 Å². The van der Waals surface area contributed by atoms with Crippen molar-refractivity contribution in [2.45, 2.75) is 19.4 Å². The molecule has 0 saturated carbocycles. The van der Waals surface area contributed by atoms with Crippen molar-refractivity contribution < 1.29 is 14.2 Å². The van der Waals surface area contributed by atoms with Crippen molar-refractivity contribution in [1.29, 1.82) is 0 Å². The molecule has 2 aromatic rings.